The van der Waals surface area contributed by atoms with Crippen LogP contribution in [0.25, 0.3) is 0 Å². The molecule has 8 heteroatoms. The summed E-state index contributed by atoms with van der Waals surface area (Å²) >= 11 is 0. The molecule has 0 aromatic carbocycles. The minimum atomic E-state index is -2.90. The van der Waals surface area contributed by atoms with Crippen molar-refractivity contribution in [3.63, 3.8) is 0 Å². The monoisotopic (exact) mass is 339 g/mol. The number of likely N-dealkylation sites (N-methyl/N-ethyl adjacent to an activating group) is 1. The molecule has 2 fully saturated rings. The van der Waals surface area contributed by atoms with Crippen molar-refractivity contribution in [3.8, 4) is 0 Å². The average Bonchev–Trinajstić information content (AvgIpc) is 2.86. The van der Waals surface area contributed by atoms with Gasteiger partial charge in [-0.15, -0.1) is 0 Å². The molecular formula is C15H25N5O2S. The first-order chi connectivity index (χ1) is 10.8. The van der Waals surface area contributed by atoms with Crippen molar-refractivity contribution >= 4 is 21.5 Å². The zero-order chi connectivity index (χ0) is 16.6. The quantitative estimate of drug-likeness (QED) is 0.777. The Morgan fingerprint density at radius 2 is 1.91 bits per heavy atom. The molecule has 2 aliphatic heterocycles. The summed E-state index contributed by atoms with van der Waals surface area (Å²) in [4.78, 5) is 15.7. The van der Waals surface area contributed by atoms with E-state index in [1.807, 2.05) is 24.9 Å². The summed E-state index contributed by atoms with van der Waals surface area (Å²) in [6.45, 7) is 5.84. The van der Waals surface area contributed by atoms with E-state index in [0.717, 1.165) is 43.6 Å². The highest BCUT2D eigenvalue weighted by atomic mass is 32.2. The molecule has 128 valence electrons. The van der Waals surface area contributed by atoms with E-state index in [9.17, 15) is 8.42 Å². The van der Waals surface area contributed by atoms with Gasteiger partial charge in [0.1, 0.15) is 17.5 Å². The summed E-state index contributed by atoms with van der Waals surface area (Å²) in [5.41, 5.74) is 0. The van der Waals surface area contributed by atoms with Crippen molar-refractivity contribution in [2.75, 3.05) is 61.6 Å². The molecule has 2 saturated heterocycles. The molecule has 23 heavy (non-hydrogen) atoms. The van der Waals surface area contributed by atoms with Crippen molar-refractivity contribution in [1.82, 2.24) is 14.9 Å². The lowest BCUT2D eigenvalue weighted by molar-refractivity contribution is 0.312. The van der Waals surface area contributed by atoms with Crippen LogP contribution in [0, 0.1) is 6.92 Å². The fraction of sp³-hybridized carbons (Fsp3) is 0.733. The summed E-state index contributed by atoms with van der Waals surface area (Å²) in [6.07, 6.45) is 0.672. The van der Waals surface area contributed by atoms with Crippen molar-refractivity contribution in [2.45, 2.75) is 19.4 Å². The van der Waals surface area contributed by atoms with Gasteiger partial charge in [0.2, 0.25) is 0 Å². The van der Waals surface area contributed by atoms with Gasteiger partial charge >= 0.3 is 0 Å². The highest BCUT2D eigenvalue weighted by Crippen LogP contribution is 2.24. The molecule has 3 rings (SSSR count). The van der Waals surface area contributed by atoms with Gasteiger partial charge in [0.05, 0.1) is 11.5 Å². The van der Waals surface area contributed by atoms with Crippen LogP contribution < -0.4 is 9.80 Å². The van der Waals surface area contributed by atoms with Crippen molar-refractivity contribution in [1.29, 1.82) is 0 Å². The van der Waals surface area contributed by atoms with Gasteiger partial charge in [0.25, 0.3) is 0 Å². The Bertz CT molecular complexity index is 670. The highest BCUT2D eigenvalue weighted by Gasteiger charge is 2.31. The van der Waals surface area contributed by atoms with E-state index in [0.29, 0.717) is 6.42 Å². The van der Waals surface area contributed by atoms with Crippen LogP contribution in [0.2, 0.25) is 0 Å². The summed E-state index contributed by atoms with van der Waals surface area (Å²) in [5, 5.41) is 0. The van der Waals surface area contributed by atoms with Crippen molar-refractivity contribution in [2.24, 2.45) is 0 Å². The van der Waals surface area contributed by atoms with Gasteiger partial charge in [-0.3, -0.25) is 0 Å². The Morgan fingerprint density at radius 1 is 1.22 bits per heavy atom. The number of sulfone groups is 1. The summed E-state index contributed by atoms with van der Waals surface area (Å²) in [5.74, 6) is 2.97. The Hall–Kier alpha value is -1.41. The highest BCUT2D eigenvalue weighted by molar-refractivity contribution is 7.91. The Kier molecular flexibility index (Phi) is 4.46. The van der Waals surface area contributed by atoms with Crippen LogP contribution >= 0.6 is 0 Å². The Balaban J connectivity index is 1.80. The normalized spacial score (nSPS) is 24.8. The molecule has 3 heterocycles. The largest absolute Gasteiger partial charge is 0.355 e. The van der Waals surface area contributed by atoms with Crippen LogP contribution in [-0.2, 0) is 9.84 Å². The van der Waals surface area contributed by atoms with Gasteiger partial charge in [0, 0.05) is 45.3 Å². The first kappa shape index (κ1) is 16.4. The zero-order valence-corrected chi connectivity index (χ0v) is 14.9. The van der Waals surface area contributed by atoms with Gasteiger partial charge in [-0.1, -0.05) is 0 Å². The molecule has 0 bridgehead atoms. The van der Waals surface area contributed by atoms with Crippen LogP contribution in [0.5, 0.6) is 0 Å². The fourth-order valence-electron chi connectivity index (χ4n) is 3.18. The van der Waals surface area contributed by atoms with Crippen LogP contribution in [0.3, 0.4) is 0 Å². The van der Waals surface area contributed by atoms with Crippen LogP contribution in [-0.4, -0.2) is 81.1 Å². The van der Waals surface area contributed by atoms with Gasteiger partial charge in [-0.2, -0.15) is 0 Å². The standard InChI is InChI=1S/C15H25N5O2S/c1-12-16-14(19(3)13-4-9-23(21,22)11-13)10-15(17-12)20-7-5-18(2)6-8-20/h10,13H,4-9,11H2,1-3H3. The predicted molar refractivity (Wildman–Crippen MR) is 91.9 cm³/mol. The SMILES string of the molecule is Cc1nc(N2CCN(C)CC2)cc(N(C)C2CCS(=O)(=O)C2)n1. The molecule has 0 radical (unpaired) electrons. The predicted octanol–water partition coefficient (Wildman–Crippen LogP) is 0.160. The lowest BCUT2D eigenvalue weighted by Crippen LogP contribution is -2.45. The number of aryl methyl sites for hydroxylation is 1. The molecule has 0 aliphatic carbocycles. The van der Waals surface area contributed by atoms with Crippen LogP contribution in [0.1, 0.15) is 12.2 Å². The molecule has 2 aliphatic rings. The van der Waals surface area contributed by atoms with E-state index in [1.54, 1.807) is 0 Å². The molecule has 0 amide bonds. The van der Waals surface area contributed by atoms with E-state index in [4.69, 9.17) is 0 Å². The first-order valence-electron chi connectivity index (χ1n) is 8.06. The fourth-order valence-corrected chi connectivity index (χ4v) is 4.96. The minimum Gasteiger partial charge on any atom is -0.355 e. The molecule has 1 atom stereocenters. The number of hydrogen-bond donors (Lipinski definition) is 0. The van der Waals surface area contributed by atoms with E-state index < -0.39 is 9.84 Å². The third-order valence-electron chi connectivity index (χ3n) is 4.76. The summed E-state index contributed by atoms with van der Waals surface area (Å²) in [6, 6.07) is 2.00. The lowest BCUT2D eigenvalue weighted by atomic mass is 10.2. The number of aromatic nitrogens is 2. The zero-order valence-electron chi connectivity index (χ0n) is 14.1. The molecule has 1 aromatic rings. The molecule has 0 spiro atoms. The second-order valence-corrected chi connectivity index (χ2v) is 8.82. The number of anilines is 2. The number of piperazine rings is 1. The van der Waals surface area contributed by atoms with E-state index in [-0.39, 0.29) is 17.5 Å². The second kappa shape index (κ2) is 6.24. The second-order valence-electron chi connectivity index (χ2n) is 6.59. The first-order valence-corrected chi connectivity index (χ1v) is 9.89. The number of nitrogens with zero attached hydrogens (tertiary/aromatic N) is 5. The van der Waals surface area contributed by atoms with Crippen LogP contribution in [0.15, 0.2) is 6.07 Å². The molecule has 7 nitrogen and oxygen atoms in total. The lowest BCUT2D eigenvalue weighted by Gasteiger charge is -2.34. The maximum atomic E-state index is 11.7. The molecule has 0 N–H and O–H groups in total. The van der Waals surface area contributed by atoms with Crippen molar-refractivity contribution < 1.29 is 8.42 Å². The van der Waals surface area contributed by atoms with E-state index in [2.05, 4.69) is 26.8 Å². The smallest absolute Gasteiger partial charge is 0.152 e. The third-order valence-corrected chi connectivity index (χ3v) is 6.51. The third kappa shape index (κ3) is 3.74. The van der Waals surface area contributed by atoms with E-state index >= 15 is 0 Å². The van der Waals surface area contributed by atoms with Crippen molar-refractivity contribution in [3.05, 3.63) is 11.9 Å². The van der Waals surface area contributed by atoms with Gasteiger partial charge < -0.3 is 14.7 Å². The minimum absolute atomic E-state index is 0.00893. The maximum Gasteiger partial charge on any atom is 0.152 e. The van der Waals surface area contributed by atoms with E-state index in [1.165, 1.54) is 0 Å². The molecule has 0 saturated carbocycles. The molecular weight excluding hydrogens is 314 g/mol. The maximum absolute atomic E-state index is 11.7. The molecule has 1 unspecified atom stereocenters. The number of hydrogen-bond acceptors (Lipinski definition) is 7. The summed E-state index contributed by atoms with van der Waals surface area (Å²) < 4.78 is 23.4. The Labute approximate surface area is 138 Å². The van der Waals surface area contributed by atoms with Gasteiger partial charge in [-0.25, -0.2) is 18.4 Å². The average molecular weight is 339 g/mol. The Morgan fingerprint density at radius 3 is 2.52 bits per heavy atom. The molecule has 1 aromatic heterocycles. The topological polar surface area (TPSA) is 69.6 Å². The number of rotatable bonds is 3. The summed E-state index contributed by atoms with van der Waals surface area (Å²) in [7, 11) is 1.16. The van der Waals surface area contributed by atoms with Crippen LogP contribution in [0.4, 0.5) is 11.6 Å². The van der Waals surface area contributed by atoms with Gasteiger partial charge in [-0.05, 0) is 20.4 Å². The van der Waals surface area contributed by atoms with Gasteiger partial charge in [0.15, 0.2) is 9.84 Å².